The fraction of sp³-hybridized carbons (Fsp3) is 0.538. The number of hydrogen-bond acceptors (Lipinski definition) is 4. The Labute approximate surface area is 114 Å². The van der Waals surface area contributed by atoms with Crippen LogP contribution in [-0.4, -0.2) is 37.0 Å². The van der Waals surface area contributed by atoms with Gasteiger partial charge in [0.05, 0.1) is 12.4 Å². The van der Waals surface area contributed by atoms with Crippen LogP contribution in [0.5, 0.6) is 0 Å². The summed E-state index contributed by atoms with van der Waals surface area (Å²) >= 11 is 0. The molecule has 3 N–H and O–H groups in total. The van der Waals surface area contributed by atoms with Crippen LogP contribution in [0.15, 0.2) is 24.3 Å². The van der Waals surface area contributed by atoms with Gasteiger partial charge in [-0.05, 0) is 30.5 Å². The predicted molar refractivity (Wildman–Crippen MR) is 74.9 cm³/mol. The molecule has 0 aliphatic carbocycles. The van der Waals surface area contributed by atoms with E-state index in [4.69, 9.17) is 5.73 Å². The maximum atomic E-state index is 12.4. The Kier molecular flexibility index (Phi) is 4.44. The van der Waals surface area contributed by atoms with Crippen LogP contribution in [0.2, 0.25) is 0 Å². The highest BCUT2D eigenvalue weighted by Crippen LogP contribution is 2.23. The number of hydrogen-bond donors (Lipinski definition) is 2. The molecule has 0 aromatic heterocycles. The van der Waals surface area contributed by atoms with Gasteiger partial charge >= 0.3 is 0 Å². The molecular formula is C13H20N2O3S. The minimum atomic E-state index is -3.40. The third kappa shape index (κ3) is 3.46. The van der Waals surface area contributed by atoms with Crippen molar-refractivity contribution in [2.24, 2.45) is 0 Å². The Morgan fingerprint density at radius 3 is 2.84 bits per heavy atom. The van der Waals surface area contributed by atoms with E-state index in [0.717, 1.165) is 19.3 Å². The fourth-order valence-corrected chi connectivity index (χ4v) is 4.30. The second kappa shape index (κ2) is 5.90. The highest BCUT2D eigenvalue weighted by molar-refractivity contribution is 7.88. The second-order valence-corrected chi connectivity index (χ2v) is 6.87. The lowest BCUT2D eigenvalue weighted by Gasteiger charge is -2.33. The maximum absolute atomic E-state index is 12.4. The number of sulfonamides is 1. The van der Waals surface area contributed by atoms with E-state index in [1.807, 2.05) is 0 Å². The molecule has 1 heterocycles. The molecular weight excluding hydrogens is 264 g/mol. The van der Waals surface area contributed by atoms with E-state index in [0.29, 0.717) is 17.8 Å². The number of nitrogens with zero attached hydrogens (tertiary/aromatic N) is 1. The molecule has 5 nitrogen and oxygen atoms in total. The van der Waals surface area contributed by atoms with Gasteiger partial charge in [0, 0.05) is 18.3 Å². The second-order valence-electron chi connectivity index (χ2n) is 4.94. The number of nitrogen functional groups attached to an aromatic ring is 1. The number of benzene rings is 1. The number of aliphatic hydroxyl groups is 1. The first-order valence-corrected chi connectivity index (χ1v) is 8.08. The Morgan fingerprint density at radius 1 is 1.37 bits per heavy atom. The van der Waals surface area contributed by atoms with Crippen LogP contribution in [0.3, 0.4) is 0 Å². The number of aliphatic hydroxyl groups excluding tert-OH is 1. The summed E-state index contributed by atoms with van der Waals surface area (Å²) in [5, 5.41) is 9.31. The molecule has 6 heteroatoms. The van der Waals surface area contributed by atoms with E-state index in [1.54, 1.807) is 24.3 Å². The van der Waals surface area contributed by atoms with Gasteiger partial charge < -0.3 is 10.8 Å². The minimum absolute atomic E-state index is 0.0610. The molecule has 2 rings (SSSR count). The van der Waals surface area contributed by atoms with Gasteiger partial charge in [0.15, 0.2) is 0 Å². The van der Waals surface area contributed by atoms with Crippen LogP contribution in [-0.2, 0) is 15.8 Å². The standard InChI is InChI=1S/C13H20N2O3S/c14-12-5-3-4-11(8-12)10-19(17,18)15-7-2-1-6-13(15)9-16/h3-5,8,13,16H,1-2,6-7,9-10,14H2. The van der Waals surface area contributed by atoms with Gasteiger partial charge in [-0.15, -0.1) is 0 Å². The maximum Gasteiger partial charge on any atom is 0.218 e. The van der Waals surface area contributed by atoms with Crippen molar-refractivity contribution in [3.63, 3.8) is 0 Å². The third-order valence-corrected chi connectivity index (χ3v) is 5.33. The van der Waals surface area contributed by atoms with Crippen LogP contribution in [0.4, 0.5) is 5.69 Å². The van der Waals surface area contributed by atoms with Gasteiger partial charge in [-0.1, -0.05) is 18.6 Å². The van der Waals surface area contributed by atoms with Crippen molar-refractivity contribution in [2.75, 3.05) is 18.9 Å². The molecule has 1 fully saturated rings. The molecule has 1 saturated heterocycles. The summed E-state index contributed by atoms with van der Waals surface area (Å²) in [5.74, 6) is -0.0610. The monoisotopic (exact) mass is 284 g/mol. The van der Waals surface area contributed by atoms with Crippen molar-refractivity contribution in [1.82, 2.24) is 4.31 Å². The topological polar surface area (TPSA) is 83.6 Å². The number of rotatable bonds is 4. The third-order valence-electron chi connectivity index (χ3n) is 3.44. The van der Waals surface area contributed by atoms with E-state index in [-0.39, 0.29) is 18.4 Å². The smallest absolute Gasteiger partial charge is 0.218 e. The first kappa shape index (κ1) is 14.3. The number of piperidine rings is 1. The Bertz CT molecular complexity index is 530. The lowest BCUT2D eigenvalue weighted by Crippen LogP contribution is -2.45. The van der Waals surface area contributed by atoms with E-state index in [9.17, 15) is 13.5 Å². The van der Waals surface area contributed by atoms with Crippen LogP contribution < -0.4 is 5.73 Å². The fourth-order valence-electron chi connectivity index (χ4n) is 2.50. The molecule has 1 aromatic rings. The van der Waals surface area contributed by atoms with Gasteiger partial charge in [0.1, 0.15) is 0 Å². The predicted octanol–water partition coefficient (Wildman–Crippen LogP) is 0.945. The average Bonchev–Trinajstić information content (AvgIpc) is 2.38. The summed E-state index contributed by atoms with van der Waals surface area (Å²) in [6.45, 7) is 0.381. The Balaban J connectivity index is 2.17. The largest absolute Gasteiger partial charge is 0.399 e. The molecule has 0 radical (unpaired) electrons. The Hall–Kier alpha value is -1.11. The van der Waals surface area contributed by atoms with Crippen molar-refractivity contribution in [3.8, 4) is 0 Å². The quantitative estimate of drug-likeness (QED) is 0.806. The molecule has 19 heavy (non-hydrogen) atoms. The zero-order valence-electron chi connectivity index (χ0n) is 10.8. The first-order valence-electron chi connectivity index (χ1n) is 6.48. The van der Waals surface area contributed by atoms with E-state index >= 15 is 0 Å². The van der Waals surface area contributed by atoms with Gasteiger partial charge in [0.2, 0.25) is 10.0 Å². The summed E-state index contributed by atoms with van der Waals surface area (Å²) in [4.78, 5) is 0. The van der Waals surface area contributed by atoms with Crippen molar-refractivity contribution in [2.45, 2.75) is 31.1 Å². The van der Waals surface area contributed by atoms with Crippen LogP contribution in [0.1, 0.15) is 24.8 Å². The van der Waals surface area contributed by atoms with Gasteiger partial charge in [-0.2, -0.15) is 4.31 Å². The van der Waals surface area contributed by atoms with Crippen molar-refractivity contribution in [3.05, 3.63) is 29.8 Å². The Morgan fingerprint density at radius 2 is 2.16 bits per heavy atom. The van der Waals surface area contributed by atoms with E-state index < -0.39 is 10.0 Å². The lowest BCUT2D eigenvalue weighted by atomic mass is 10.1. The summed E-state index contributed by atoms with van der Waals surface area (Å²) < 4.78 is 26.3. The highest BCUT2D eigenvalue weighted by atomic mass is 32.2. The zero-order valence-corrected chi connectivity index (χ0v) is 11.6. The van der Waals surface area contributed by atoms with Crippen LogP contribution in [0.25, 0.3) is 0 Å². The van der Waals surface area contributed by atoms with Crippen molar-refractivity contribution >= 4 is 15.7 Å². The van der Waals surface area contributed by atoms with E-state index in [2.05, 4.69) is 0 Å². The normalized spacial score (nSPS) is 21.4. The molecule has 1 unspecified atom stereocenters. The molecule has 0 saturated carbocycles. The van der Waals surface area contributed by atoms with Gasteiger partial charge in [0.25, 0.3) is 0 Å². The highest BCUT2D eigenvalue weighted by Gasteiger charge is 2.31. The van der Waals surface area contributed by atoms with Crippen LogP contribution in [0, 0.1) is 0 Å². The summed E-state index contributed by atoms with van der Waals surface area (Å²) in [6, 6.07) is 6.63. The zero-order chi connectivity index (χ0) is 13.9. The van der Waals surface area contributed by atoms with Crippen LogP contribution >= 0.6 is 0 Å². The summed E-state index contributed by atoms with van der Waals surface area (Å²) in [5.41, 5.74) is 6.90. The molecule has 0 bridgehead atoms. The summed E-state index contributed by atoms with van der Waals surface area (Å²) in [7, 11) is -3.40. The molecule has 1 aromatic carbocycles. The molecule has 0 spiro atoms. The molecule has 106 valence electrons. The SMILES string of the molecule is Nc1cccc(CS(=O)(=O)N2CCCCC2CO)c1. The minimum Gasteiger partial charge on any atom is -0.399 e. The average molecular weight is 284 g/mol. The molecule has 1 aliphatic rings. The molecule has 1 aliphatic heterocycles. The van der Waals surface area contributed by atoms with Crippen molar-refractivity contribution < 1.29 is 13.5 Å². The number of nitrogens with two attached hydrogens (primary N) is 1. The number of anilines is 1. The summed E-state index contributed by atoms with van der Waals surface area (Å²) in [6.07, 6.45) is 2.55. The first-order chi connectivity index (χ1) is 9.03. The van der Waals surface area contributed by atoms with Crippen molar-refractivity contribution in [1.29, 1.82) is 0 Å². The van der Waals surface area contributed by atoms with Gasteiger partial charge in [-0.25, -0.2) is 8.42 Å². The molecule has 0 amide bonds. The van der Waals surface area contributed by atoms with Gasteiger partial charge in [-0.3, -0.25) is 0 Å². The molecule has 1 atom stereocenters. The van der Waals surface area contributed by atoms with E-state index in [1.165, 1.54) is 4.31 Å². The lowest BCUT2D eigenvalue weighted by molar-refractivity contribution is 0.155.